The van der Waals surface area contributed by atoms with E-state index in [-0.39, 0.29) is 10.5 Å². The SMILES string of the molecule is O=C(NNS(=O)(=O)c1ccccc1)c1ccc(-n2cnnn2)cc1. The predicted octanol–water partition coefficient (Wildman–Crippen LogP) is 0.286. The number of nitrogens with one attached hydrogen (secondary N) is 2. The van der Waals surface area contributed by atoms with E-state index in [9.17, 15) is 13.2 Å². The lowest BCUT2D eigenvalue weighted by atomic mass is 10.2. The third-order valence-corrected chi connectivity index (χ3v) is 4.36. The van der Waals surface area contributed by atoms with E-state index in [0.29, 0.717) is 5.69 Å². The summed E-state index contributed by atoms with van der Waals surface area (Å²) in [5.41, 5.74) is 3.12. The zero-order valence-electron chi connectivity index (χ0n) is 12.2. The second-order valence-corrected chi connectivity index (χ2v) is 6.36. The maximum Gasteiger partial charge on any atom is 0.266 e. The van der Waals surface area contributed by atoms with E-state index in [1.807, 2.05) is 0 Å². The Balaban J connectivity index is 1.67. The molecule has 2 N–H and O–H groups in total. The zero-order chi connectivity index (χ0) is 17.0. The van der Waals surface area contributed by atoms with E-state index >= 15 is 0 Å². The van der Waals surface area contributed by atoms with Gasteiger partial charge in [0.05, 0.1) is 10.6 Å². The summed E-state index contributed by atoms with van der Waals surface area (Å²) >= 11 is 0. The van der Waals surface area contributed by atoms with Gasteiger partial charge in [0.1, 0.15) is 6.33 Å². The molecule has 0 aliphatic heterocycles. The van der Waals surface area contributed by atoms with E-state index < -0.39 is 15.9 Å². The molecule has 0 saturated carbocycles. The quantitative estimate of drug-likeness (QED) is 0.642. The number of rotatable bonds is 5. The van der Waals surface area contributed by atoms with Crippen LogP contribution in [0, 0.1) is 0 Å². The van der Waals surface area contributed by atoms with Crippen molar-refractivity contribution in [2.24, 2.45) is 0 Å². The van der Waals surface area contributed by atoms with Gasteiger partial charge in [0.25, 0.3) is 15.9 Å². The van der Waals surface area contributed by atoms with Crippen LogP contribution in [0.15, 0.2) is 65.8 Å². The Morgan fingerprint density at radius 1 is 1.00 bits per heavy atom. The van der Waals surface area contributed by atoms with Crippen LogP contribution in [-0.4, -0.2) is 34.5 Å². The maximum absolute atomic E-state index is 12.0. The van der Waals surface area contributed by atoms with Crippen molar-refractivity contribution < 1.29 is 13.2 Å². The molecule has 0 aliphatic carbocycles. The first-order chi connectivity index (χ1) is 11.6. The Morgan fingerprint density at radius 2 is 1.71 bits per heavy atom. The Bertz CT molecular complexity index is 924. The molecule has 0 aliphatic rings. The van der Waals surface area contributed by atoms with Crippen molar-refractivity contribution in [1.29, 1.82) is 0 Å². The zero-order valence-corrected chi connectivity index (χ0v) is 13.0. The molecule has 0 fully saturated rings. The fraction of sp³-hybridized carbons (Fsp3) is 0. The molecule has 0 unspecified atom stereocenters. The van der Waals surface area contributed by atoms with Crippen molar-refractivity contribution in [2.45, 2.75) is 4.90 Å². The molecule has 1 heterocycles. The van der Waals surface area contributed by atoms with Crippen LogP contribution in [0.25, 0.3) is 5.69 Å². The number of hydrogen-bond donors (Lipinski definition) is 2. The number of nitrogens with zero attached hydrogens (tertiary/aromatic N) is 4. The largest absolute Gasteiger partial charge is 0.273 e. The van der Waals surface area contributed by atoms with E-state index in [1.165, 1.54) is 35.3 Å². The number of hydrazine groups is 1. The van der Waals surface area contributed by atoms with Crippen molar-refractivity contribution in [2.75, 3.05) is 0 Å². The smallest absolute Gasteiger partial charge is 0.266 e. The number of tetrazole rings is 1. The Kier molecular flexibility index (Phi) is 4.31. The highest BCUT2D eigenvalue weighted by Gasteiger charge is 2.15. The fourth-order valence-corrected chi connectivity index (χ4v) is 2.75. The van der Waals surface area contributed by atoms with Gasteiger partial charge in [0.2, 0.25) is 0 Å². The van der Waals surface area contributed by atoms with Gasteiger partial charge >= 0.3 is 0 Å². The lowest BCUT2D eigenvalue weighted by Crippen LogP contribution is -2.41. The van der Waals surface area contributed by atoms with Crippen LogP contribution < -0.4 is 10.3 Å². The van der Waals surface area contributed by atoms with Crippen LogP contribution in [0.2, 0.25) is 0 Å². The molecule has 0 spiro atoms. The lowest BCUT2D eigenvalue weighted by molar-refractivity contribution is 0.0945. The van der Waals surface area contributed by atoms with Crippen molar-refractivity contribution in [3.05, 3.63) is 66.5 Å². The monoisotopic (exact) mass is 344 g/mol. The number of carbonyl (C=O) groups excluding carboxylic acids is 1. The highest BCUT2D eigenvalue weighted by atomic mass is 32.2. The third kappa shape index (κ3) is 3.45. The maximum atomic E-state index is 12.0. The minimum Gasteiger partial charge on any atom is -0.273 e. The summed E-state index contributed by atoms with van der Waals surface area (Å²) in [6, 6.07) is 14.1. The molecule has 1 aromatic heterocycles. The van der Waals surface area contributed by atoms with Gasteiger partial charge in [-0.3, -0.25) is 10.2 Å². The summed E-state index contributed by atoms with van der Waals surface area (Å²) in [6.07, 6.45) is 1.42. The van der Waals surface area contributed by atoms with Crippen LogP contribution >= 0.6 is 0 Å². The molecule has 3 rings (SSSR count). The molecule has 0 radical (unpaired) electrons. The molecule has 0 atom stereocenters. The normalized spacial score (nSPS) is 11.2. The summed E-state index contributed by atoms with van der Waals surface area (Å²) in [6.45, 7) is 0. The first-order valence-corrected chi connectivity index (χ1v) is 8.25. The molecule has 0 saturated heterocycles. The molecule has 122 valence electrons. The number of aromatic nitrogens is 4. The average Bonchev–Trinajstić information content (AvgIpc) is 3.15. The summed E-state index contributed by atoms with van der Waals surface area (Å²) in [7, 11) is -3.82. The van der Waals surface area contributed by atoms with Crippen LogP contribution in [0.1, 0.15) is 10.4 Å². The van der Waals surface area contributed by atoms with Crippen LogP contribution in [0.3, 0.4) is 0 Å². The number of sulfonamides is 1. The van der Waals surface area contributed by atoms with Crippen molar-refractivity contribution >= 4 is 15.9 Å². The van der Waals surface area contributed by atoms with Gasteiger partial charge in [-0.25, -0.2) is 13.1 Å². The first-order valence-electron chi connectivity index (χ1n) is 6.77. The number of carbonyl (C=O) groups is 1. The second kappa shape index (κ2) is 6.56. The first kappa shape index (κ1) is 15.8. The van der Waals surface area contributed by atoms with Crippen LogP contribution in [0.5, 0.6) is 0 Å². The van der Waals surface area contributed by atoms with Gasteiger partial charge in [-0.1, -0.05) is 18.2 Å². The van der Waals surface area contributed by atoms with Gasteiger partial charge in [-0.05, 0) is 46.8 Å². The van der Waals surface area contributed by atoms with E-state index in [2.05, 4.69) is 25.8 Å². The Hall–Kier alpha value is -3.11. The lowest BCUT2D eigenvalue weighted by Gasteiger charge is -2.08. The van der Waals surface area contributed by atoms with Gasteiger partial charge in [0.15, 0.2) is 0 Å². The Labute approximate surface area is 137 Å². The third-order valence-electron chi connectivity index (χ3n) is 3.10. The van der Waals surface area contributed by atoms with E-state index in [1.54, 1.807) is 30.3 Å². The number of hydrogen-bond acceptors (Lipinski definition) is 6. The molecule has 1 amide bonds. The molecular formula is C14H12N6O3S. The molecular weight excluding hydrogens is 332 g/mol. The predicted molar refractivity (Wildman–Crippen MR) is 83.4 cm³/mol. The molecule has 3 aromatic rings. The topological polar surface area (TPSA) is 119 Å². The summed E-state index contributed by atoms with van der Waals surface area (Å²) in [5, 5.41) is 10.8. The van der Waals surface area contributed by atoms with Gasteiger partial charge in [0, 0.05) is 5.56 Å². The molecule has 0 bridgehead atoms. The van der Waals surface area contributed by atoms with Crippen molar-refractivity contribution in [3.8, 4) is 5.69 Å². The van der Waals surface area contributed by atoms with Gasteiger partial charge in [-0.15, -0.1) is 9.93 Å². The molecule has 2 aromatic carbocycles. The molecule has 24 heavy (non-hydrogen) atoms. The highest BCUT2D eigenvalue weighted by Crippen LogP contribution is 2.08. The number of benzene rings is 2. The average molecular weight is 344 g/mol. The molecule has 10 heteroatoms. The number of amides is 1. The molecule has 9 nitrogen and oxygen atoms in total. The minimum atomic E-state index is -3.82. The summed E-state index contributed by atoms with van der Waals surface area (Å²) in [4.78, 5) is 14.1. The standard InChI is InChI=1S/C14H12N6O3S/c21-14(16-19-24(22,23)13-4-2-1-3-5-13)11-6-8-12(9-7-11)20-10-15-17-18-20/h1-10,19H,(H,16,21). The summed E-state index contributed by atoms with van der Waals surface area (Å²) < 4.78 is 25.5. The van der Waals surface area contributed by atoms with E-state index in [0.717, 1.165) is 0 Å². The van der Waals surface area contributed by atoms with Crippen LogP contribution in [0.4, 0.5) is 0 Å². The van der Waals surface area contributed by atoms with Gasteiger partial charge < -0.3 is 0 Å². The summed E-state index contributed by atoms with van der Waals surface area (Å²) in [5.74, 6) is -0.585. The van der Waals surface area contributed by atoms with Crippen LogP contribution in [-0.2, 0) is 10.0 Å². The highest BCUT2D eigenvalue weighted by molar-refractivity contribution is 7.89. The fourth-order valence-electron chi connectivity index (χ4n) is 1.89. The van der Waals surface area contributed by atoms with E-state index in [4.69, 9.17) is 0 Å². The Morgan fingerprint density at radius 3 is 2.33 bits per heavy atom. The van der Waals surface area contributed by atoms with Gasteiger partial charge in [-0.2, -0.15) is 0 Å². The van der Waals surface area contributed by atoms with Crippen molar-refractivity contribution in [1.82, 2.24) is 30.5 Å². The second-order valence-electron chi connectivity index (χ2n) is 4.67. The minimum absolute atomic E-state index is 0.0549. The van der Waals surface area contributed by atoms with Crippen molar-refractivity contribution in [3.63, 3.8) is 0 Å².